The number of carbonyl (C=O) groups is 1. The van der Waals surface area contributed by atoms with E-state index in [1.165, 1.54) is 4.31 Å². The molecular formula is C21H33N3O5S. The summed E-state index contributed by atoms with van der Waals surface area (Å²) in [5.74, 6) is 1.40. The molecule has 9 heteroatoms. The molecule has 1 aromatic rings. The summed E-state index contributed by atoms with van der Waals surface area (Å²) < 4.78 is 37.4. The first-order valence-corrected chi connectivity index (χ1v) is 11.9. The number of carbonyl (C=O) groups excluding carboxylic acids is 1. The summed E-state index contributed by atoms with van der Waals surface area (Å²) in [5.41, 5.74) is 0.343. The lowest BCUT2D eigenvalue weighted by Gasteiger charge is -2.53. The highest BCUT2D eigenvalue weighted by Gasteiger charge is 2.56. The first-order chi connectivity index (χ1) is 14.1. The molecule has 3 rings (SSSR count). The van der Waals surface area contributed by atoms with Gasteiger partial charge < -0.3 is 14.4 Å². The van der Waals surface area contributed by atoms with E-state index in [2.05, 4.69) is 4.90 Å². The van der Waals surface area contributed by atoms with E-state index >= 15 is 0 Å². The second kappa shape index (κ2) is 8.72. The zero-order chi connectivity index (χ0) is 22.1. The lowest BCUT2D eigenvalue weighted by molar-refractivity contribution is -0.148. The fourth-order valence-electron chi connectivity index (χ4n) is 4.83. The van der Waals surface area contributed by atoms with Crippen molar-refractivity contribution < 1.29 is 22.7 Å². The highest BCUT2D eigenvalue weighted by molar-refractivity contribution is 7.89. The third-order valence-corrected chi connectivity index (χ3v) is 8.16. The maximum absolute atomic E-state index is 13.3. The van der Waals surface area contributed by atoms with Crippen molar-refractivity contribution in [3.05, 3.63) is 23.8 Å². The van der Waals surface area contributed by atoms with Crippen LogP contribution >= 0.6 is 0 Å². The van der Waals surface area contributed by atoms with Crippen molar-refractivity contribution >= 4 is 15.9 Å². The predicted molar refractivity (Wildman–Crippen MR) is 115 cm³/mol. The molecule has 2 aliphatic rings. The molecule has 0 unspecified atom stereocenters. The number of hydrogen-bond donors (Lipinski definition) is 0. The van der Waals surface area contributed by atoms with Crippen molar-refractivity contribution in [2.24, 2.45) is 5.41 Å². The van der Waals surface area contributed by atoms with Crippen LogP contribution in [0.2, 0.25) is 0 Å². The quantitative estimate of drug-likeness (QED) is 0.667. The molecule has 0 aromatic heterocycles. The summed E-state index contributed by atoms with van der Waals surface area (Å²) in [4.78, 5) is 17.1. The summed E-state index contributed by atoms with van der Waals surface area (Å²) in [6.07, 6.45) is 0.980. The van der Waals surface area contributed by atoms with E-state index in [9.17, 15) is 13.2 Å². The van der Waals surface area contributed by atoms with Crippen LogP contribution in [0.25, 0.3) is 0 Å². The Morgan fingerprint density at radius 3 is 2.67 bits per heavy atom. The number of amides is 1. The fourth-order valence-corrected chi connectivity index (χ4v) is 6.43. The Hall–Kier alpha value is -1.84. The number of methoxy groups -OCH3 is 1. The van der Waals surface area contributed by atoms with Gasteiger partial charge in [-0.2, -0.15) is 0 Å². The van der Waals surface area contributed by atoms with Crippen molar-refractivity contribution in [1.82, 2.24) is 14.1 Å². The third kappa shape index (κ3) is 4.15. The van der Waals surface area contributed by atoms with Gasteiger partial charge in [0.15, 0.2) is 11.5 Å². The molecule has 0 aliphatic carbocycles. The van der Waals surface area contributed by atoms with E-state index in [0.717, 1.165) is 12.1 Å². The highest BCUT2D eigenvalue weighted by Crippen LogP contribution is 2.43. The average Bonchev–Trinajstić information content (AvgIpc) is 2.71. The van der Waals surface area contributed by atoms with Crippen molar-refractivity contribution in [1.29, 1.82) is 0 Å². The summed E-state index contributed by atoms with van der Waals surface area (Å²) in [6, 6.07) is 5.58. The molecule has 2 saturated heterocycles. The summed E-state index contributed by atoms with van der Waals surface area (Å²) in [6.45, 7) is 4.41. The minimum absolute atomic E-state index is 0.00299. The number of likely N-dealkylation sites (tertiary alicyclic amines) is 1. The number of benzene rings is 1. The molecule has 2 fully saturated rings. The van der Waals surface area contributed by atoms with Crippen molar-refractivity contribution in [2.75, 3.05) is 53.7 Å². The minimum Gasteiger partial charge on any atom is -0.493 e. The Labute approximate surface area is 179 Å². The molecule has 0 radical (unpaired) electrons. The monoisotopic (exact) mass is 439 g/mol. The van der Waals surface area contributed by atoms with Crippen LogP contribution in [0.3, 0.4) is 0 Å². The number of ether oxygens (including phenoxy) is 2. The van der Waals surface area contributed by atoms with Crippen LogP contribution in [-0.4, -0.2) is 88.2 Å². The molecule has 0 N–H and O–H groups in total. The largest absolute Gasteiger partial charge is 0.493 e. The van der Waals surface area contributed by atoms with Gasteiger partial charge in [-0.1, -0.05) is 6.07 Å². The number of hydrogen-bond acceptors (Lipinski definition) is 6. The Morgan fingerprint density at radius 2 is 2.03 bits per heavy atom. The molecule has 0 saturated carbocycles. The smallest absolute Gasteiger partial charge is 0.231 e. The molecule has 2 heterocycles. The van der Waals surface area contributed by atoms with Gasteiger partial charge in [0.2, 0.25) is 15.9 Å². The molecule has 2 aliphatic heterocycles. The van der Waals surface area contributed by atoms with Crippen molar-refractivity contribution in [3.8, 4) is 11.5 Å². The van der Waals surface area contributed by atoms with Crippen LogP contribution in [0.1, 0.15) is 25.3 Å². The van der Waals surface area contributed by atoms with Gasteiger partial charge >= 0.3 is 0 Å². The molecule has 0 bridgehead atoms. The molecule has 1 amide bonds. The van der Waals surface area contributed by atoms with Gasteiger partial charge in [-0.25, -0.2) is 12.7 Å². The van der Waals surface area contributed by atoms with E-state index in [1.807, 2.05) is 25.1 Å². The molecule has 0 spiro atoms. The number of piperidine rings is 1. The van der Waals surface area contributed by atoms with Gasteiger partial charge in [-0.15, -0.1) is 0 Å². The lowest BCUT2D eigenvalue weighted by Crippen LogP contribution is -2.66. The maximum atomic E-state index is 13.3. The van der Waals surface area contributed by atoms with Gasteiger partial charge in [0.25, 0.3) is 0 Å². The van der Waals surface area contributed by atoms with Crippen LogP contribution in [0.4, 0.5) is 0 Å². The molecule has 2 atom stereocenters. The highest BCUT2D eigenvalue weighted by atomic mass is 32.2. The van der Waals surface area contributed by atoms with E-state index in [1.54, 1.807) is 33.2 Å². The average molecular weight is 440 g/mol. The molecular weight excluding hydrogens is 406 g/mol. The SMILES string of the molecule is CCOc1ccc(CN2CC[C@H]3N(C)S(=O)(=O)CC[C@]3(C(=O)N(C)C)C2)cc1OC. The van der Waals surface area contributed by atoms with E-state index < -0.39 is 15.4 Å². The number of sulfonamides is 1. The number of nitrogens with zero attached hydrogens (tertiary/aromatic N) is 3. The molecule has 168 valence electrons. The second-order valence-electron chi connectivity index (χ2n) is 8.37. The van der Waals surface area contributed by atoms with E-state index in [0.29, 0.717) is 44.0 Å². The normalized spacial score (nSPS) is 26.6. The minimum atomic E-state index is -3.31. The van der Waals surface area contributed by atoms with E-state index in [4.69, 9.17) is 9.47 Å². The second-order valence-corrected chi connectivity index (χ2v) is 10.5. The summed E-state index contributed by atoms with van der Waals surface area (Å²) >= 11 is 0. The van der Waals surface area contributed by atoms with Gasteiger partial charge in [-0.05, 0) is 37.5 Å². The fraction of sp³-hybridized carbons (Fsp3) is 0.667. The first-order valence-electron chi connectivity index (χ1n) is 10.3. The van der Waals surface area contributed by atoms with Crippen molar-refractivity contribution in [2.45, 2.75) is 32.4 Å². The zero-order valence-corrected chi connectivity index (χ0v) is 19.4. The van der Waals surface area contributed by atoms with Crippen LogP contribution in [0.5, 0.6) is 11.5 Å². The molecule has 1 aromatic carbocycles. The Balaban J connectivity index is 1.86. The van der Waals surface area contributed by atoms with Gasteiger partial charge in [-0.3, -0.25) is 9.69 Å². The van der Waals surface area contributed by atoms with Gasteiger partial charge in [0.05, 0.1) is 24.9 Å². The summed E-state index contributed by atoms with van der Waals surface area (Å²) in [5, 5.41) is 0. The first kappa shape index (κ1) is 22.8. The summed E-state index contributed by atoms with van der Waals surface area (Å²) in [7, 11) is 3.41. The van der Waals surface area contributed by atoms with Crippen LogP contribution in [0, 0.1) is 5.41 Å². The van der Waals surface area contributed by atoms with Crippen LogP contribution < -0.4 is 9.47 Å². The predicted octanol–water partition coefficient (Wildman–Crippen LogP) is 1.41. The van der Waals surface area contributed by atoms with Gasteiger partial charge in [0.1, 0.15) is 0 Å². The Morgan fingerprint density at radius 1 is 1.30 bits per heavy atom. The third-order valence-electron chi connectivity index (χ3n) is 6.31. The van der Waals surface area contributed by atoms with Crippen molar-refractivity contribution in [3.63, 3.8) is 0 Å². The Bertz CT molecular complexity index is 889. The molecule has 8 nitrogen and oxygen atoms in total. The topological polar surface area (TPSA) is 79.4 Å². The van der Waals surface area contributed by atoms with Gasteiger partial charge in [0, 0.05) is 46.8 Å². The number of fused-ring (bicyclic) bond motifs is 1. The Kier molecular flexibility index (Phi) is 6.64. The van der Waals surface area contributed by atoms with E-state index in [-0.39, 0.29) is 17.7 Å². The molecule has 30 heavy (non-hydrogen) atoms. The van der Waals surface area contributed by atoms with Crippen LogP contribution in [0.15, 0.2) is 18.2 Å². The lowest BCUT2D eigenvalue weighted by atomic mass is 9.72. The number of rotatable bonds is 6. The maximum Gasteiger partial charge on any atom is 0.231 e. The van der Waals surface area contributed by atoms with Crippen LogP contribution in [-0.2, 0) is 21.4 Å². The standard InChI is InChI=1S/C21H33N3O5S/c1-6-29-17-8-7-16(13-18(17)28-5)14-24-11-9-19-21(15-24,20(25)22(2)3)10-12-30(26,27)23(19)4/h7-8,13,19H,6,9-12,14-15H2,1-5H3/t19-,21+/m1/s1. The zero-order valence-electron chi connectivity index (χ0n) is 18.6.